The summed E-state index contributed by atoms with van der Waals surface area (Å²) in [5, 5.41) is 8.81. The molecule has 0 amide bonds. The predicted octanol–water partition coefficient (Wildman–Crippen LogP) is 6.16. The van der Waals surface area contributed by atoms with Crippen molar-refractivity contribution in [2.75, 3.05) is 6.61 Å². The molecular weight excluding hydrogens is 409 g/mol. The number of carboxylic acids is 1. The molecule has 7 heteroatoms. The highest BCUT2D eigenvalue weighted by atomic mass is 19.3. The first-order valence-corrected chi connectivity index (χ1v) is 10.1. The molecule has 0 radical (unpaired) electrons. The number of carboxylic acid groups (broad SMARTS) is 1. The van der Waals surface area contributed by atoms with Gasteiger partial charge in [-0.15, -0.1) is 0 Å². The standard InChI is InChI=1S/C24H25F3O4/c1-15-12-22(21(25)13-17(15)8-11-23(28)29)30-14-18-4-3-5-20(18)16-6-9-19(10-7-16)31-24(2,26)27/h6-7,9-10,12-13H,3-5,8,11,14H2,1-2H3,(H,28,29). The molecule has 2 aromatic rings. The van der Waals surface area contributed by atoms with E-state index in [1.165, 1.54) is 18.2 Å². The fourth-order valence-corrected chi connectivity index (χ4v) is 3.73. The lowest BCUT2D eigenvalue weighted by atomic mass is 10.0. The van der Waals surface area contributed by atoms with Crippen molar-refractivity contribution in [3.63, 3.8) is 0 Å². The molecule has 0 aromatic heterocycles. The number of hydrogen-bond acceptors (Lipinski definition) is 3. The van der Waals surface area contributed by atoms with E-state index in [0.29, 0.717) is 12.5 Å². The topological polar surface area (TPSA) is 55.8 Å². The van der Waals surface area contributed by atoms with E-state index in [9.17, 15) is 18.0 Å². The molecule has 2 aromatic carbocycles. The summed E-state index contributed by atoms with van der Waals surface area (Å²) in [6.45, 7) is 2.72. The lowest BCUT2D eigenvalue weighted by Gasteiger charge is -2.15. The Bertz CT molecular complexity index is 976. The Kier molecular flexibility index (Phi) is 6.93. The molecule has 0 saturated heterocycles. The average molecular weight is 434 g/mol. The summed E-state index contributed by atoms with van der Waals surface area (Å²) in [7, 11) is 0. The molecule has 0 saturated carbocycles. The van der Waals surface area contributed by atoms with Crippen molar-refractivity contribution >= 4 is 11.5 Å². The summed E-state index contributed by atoms with van der Waals surface area (Å²) in [4.78, 5) is 10.7. The van der Waals surface area contributed by atoms with Crippen LogP contribution in [-0.4, -0.2) is 23.8 Å². The molecule has 0 aliphatic heterocycles. The van der Waals surface area contributed by atoms with E-state index in [-0.39, 0.29) is 30.9 Å². The van der Waals surface area contributed by atoms with Crippen molar-refractivity contribution < 1.29 is 32.5 Å². The van der Waals surface area contributed by atoms with E-state index in [4.69, 9.17) is 9.84 Å². The van der Waals surface area contributed by atoms with Crippen LogP contribution in [0, 0.1) is 12.7 Å². The van der Waals surface area contributed by atoms with Crippen molar-refractivity contribution in [2.24, 2.45) is 0 Å². The maximum absolute atomic E-state index is 14.5. The van der Waals surface area contributed by atoms with Gasteiger partial charge in [-0.1, -0.05) is 12.1 Å². The number of halogens is 3. The Balaban J connectivity index is 1.71. The molecular formula is C24H25F3O4. The summed E-state index contributed by atoms with van der Waals surface area (Å²) in [5.74, 6) is -1.23. The highest BCUT2D eigenvalue weighted by Crippen LogP contribution is 2.35. The first-order chi connectivity index (χ1) is 14.6. The molecule has 0 heterocycles. The van der Waals surface area contributed by atoms with Crippen molar-refractivity contribution in [1.82, 2.24) is 0 Å². The van der Waals surface area contributed by atoms with Gasteiger partial charge in [0, 0.05) is 13.3 Å². The van der Waals surface area contributed by atoms with Gasteiger partial charge in [-0.3, -0.25) is 4.79 Å². The fourth-order valence-electron chi connectivity index (χ4n) is 3.73. The lowest BCUT2D eigenvalue weighted by molar-refractivity contribution is -0.159. The second-order valence-electron chi connectivity index (χ2n) is 7.76. The Morgan fingerprint density at radius 1 is 1.16 bits per heavy atom. The normalized spacial score (nSPS) is 14.1. The van der Waals surface area contributed by atoms with Gasteiger partial charge in [-0.25, -0.2) is 4.39 Å². The molecule has 0 spiro atoms. The first-order valence-electron chi connectivity index (χ1n) is 10.1. The summed E-state index contributed by atoms with van der Waals surface area (Å²) < 4.78 is 50.8. The molecule has 1 aliphatic carbocycles. The van der Waals surface area contributed by atoms with Crippen LogP contribution in [0.5, 0.6) is 11.5 Å². The minimum atomic E-state index is -3.24. The van der Waals surface area contributed by atoms with E-state index >= 15 is 0 Å². The monoisotopic (exact) mass is 434 g/mol. The molecule has 1 N–H and O–H groups in total. The summed E-state index contributed by atoms with van der Waals surface area (Å²) in [6, 6.07) is 9.43. The van der Waals surface area contributed by atoms with E-state index < -0.39 is 17.9 Å². The van der Waals surface area contributed by atoms with Gasteiger partial charge >= 0.3 is 12.1 Å². The number of hydrogen-bond donors (Lipinski definition) is 1. The van der Waals surface area contributed by atoms with Crippen LogP contribution >= 0.6 is 0 Å². The second-order valence-corrected chi connectivity index (χ2v) is 7.76. The fraction of sp³-hybridized carbons (Fsp3) is 0.375. The van der Waals surface area contributed by atoms with Gasteiger partial charge < -0.3 is 14.6 Å². The van der Waals surface area contributed by atoms with Gasteiger partial charge in [0.05, 0.1) is 0 Å². The number of aliphatic carboxylic acids is 1. The number of aryl methyl sites for hydroxylation is 2. The number of rotatable bonds is 9. The quantitative estimate of drug-likeness (QED) is 0.514. The zero-order chi connectivity index (χ0) is 22.6. The number of alkyl halides is 2. The Labute approximate surface area is 179 Å². The summed E-state index contributed by atoms with van der Waals surface area (Å²) in [6.07, 6.45) is -0.447. The highest BCUT2D eigenvalue weighted by molar-refractivity contribution is 5.71. The third-order valence-corrected chi connectivity index (χ3v) is 5.23. The highest BCUT2D eigenvalue weighted by Gasteiger charge is 2.23. The van der Waals surface area contributed by atoms with Crippen LogP contribution < -0.4 is 9.47 Å². The average Bonchev–Trinajstić information content (AvgIpc) is 3.15. The summed E-state index contributed by atoms with van der Waals surface area (Å²) >= 11 is 0. The largest absolute Gasteiger partial charge is 0.486 e. The third-order valence-electron chi connectivity index (χ3n) is 5.23. The van der Waals surface area contributed by atoms with Crippen LogP contribution in [0.15, 0.2) is 42.0 Å². The van der Waals surface area contributed by atoms with E-state index in [0.717, 1.165) is 41.5 Å². The molecule has 4 nitrogen and oxygen atoms in total. The van der Waals surface area contributed by atoms with Gasteiger partial charge in [0.25, 0.3) is 0 Å². The maximum atomic E-state index is 14.5. The van der Waals surface area contributed by atoms with Gasteiger partial charge in [0.2, 0.25) is 0 Å². The Hall–Kier alpha value is -2.96. The SMILES string of the molecule is Cc1cc(OCC2=C(c3ccc(OC(C)(F)F)cc3)CCC2)c(F)cc1CCC(=O)O. The smallest absolute Gasteiger partial charge is 0.394 e. The summed E-state index contributed by atoms with van der Waals surface area (Å²) in [5.41, 5.74) is 4.45. The van der Waals surface area contributed by atoms with Crippen molar-refractivity contribution in [1.29, 1.82) is 0 Å². The van der Waals surface area contributed by atoms with Crippen molar-refractivity contribution in [2.45, 2.75) is 52.1 Å². The Morgan fingerprint density at radius 3 is 2.52 bits per heavy atom. The molecule has 0 fully saturated rings. The van der Waals surface area contributed by atoms with E-state index in [1.807, 2.05) is 0 Å². The van der Waals surface area contributed by atoms with E-state index in [1.54, 1.807) is 25.1 Å². The molecule has 0 unspecified atom stereocenters. The first kappa shape index (κ1) is 22.7. The number of benzene rings is 2. The predicted molar refractivity (Wildman–Crippen MR) is 111 cm³/mol. The van der Waals surface area contributed by atoms with Crippen LogP contribution in [0.4, 0.5) is 13.2 Å². The van der Waals surface area contributed by atoms with Gasteiger partial charge in [-0.2, -0.15) is 8.78 Å². The van der Waals surface area contributed by atoms with Crippen LogP contribution in [0.1, 0.15) is 49.3 Å². The lowest BCUT2D eigenvalue weighted by Crippen LogP contribution is -2.18. The van der Waals surface area contributed by atoms with Crippen molar-refractivity contribution in [3.05, 3.63) is 64.5 Å². The van der Waals surface area contributed by atoms with E-state index in [2.05, 4.69) is 4.74 Å². The minimum Gasteiger partial charge on any atom is -0.486 e. The zero-order valence-corrected chi connectivity index (χ0v) is 17.5. The third kappa shape index (κ3) is 6.26. The van der Waals surface area contributed by atoms with Crippen LogP contribution in [-0.2, 0) is 11.2 Å². The van der Waals surface area contributed by atoms with Gasteiger partial charge in [-0.05, 0) is 84.7 Å². The van der Waals surface area contributed by atoms with Crippen LogP contribution in [0.25, 0.3) is 5.57 Å². The number of ether oxygens (including phenoxy) is 2. The van der Waals surface area contributed by atoms with Crippen molar-refractivity contribution in [3.8, 4) is 11.5 Å². The van der Waals surface area contributed by atoms with Crippen LogP contribution in [0.2, 0.25) is 0 Å². The number of allylic oxidation sites excluding steroid dienone is 1. The van der Waals surface area contributed by atoms with Gasteiger partial charge in [0.1, 0.15) is 12.4 Å². The van der Waals surface area contributed by atoms with Gasteiger partial charge in [0.15, 0.2) is 11.6 Å². The molecule has 3 rings (SSSR count). The molecule has 0 bridgehead atoms. The number of carbonyl (C=O) groups is 1. The molecule has 0 atom stereocenters. The zero-order valence-electron chi connectivity index (χ0n) is 17.5. The molecule has 1 aliphatic rings. The van der Waals surface area contributed by atoms with Crippen LogP contribution in [0.3, 0.4) is 0 Å². The minimum absolute atomic E-state index is 0.0591. The maximum Gasteiger partial charge on any atom is 0.394 e. The Morgan fingerprint density at radius 2 is 1.87 bits per heavy atom. The molecule has 31 heavy (non-hydrogen) atoms. The molecule has 166 valence electrons. The second kappa shape index (κ2) is 9.45.